The highest BCUT2D eigenvalue weighted by Crippen LogP contribution is 2.30. The molecule has 0 aromatic heterocycles. The van der Waals surface area contributed by atoms with Crippen molar-refractivity contribution in [2.75, 3.05) is 13.2 Å². The Morgan fingerprint density at radius 1 is 0.933 bits per heavy atom. The number of carbonyl (C=O) groups excluding carboxylic acids is 1. The van der Waals surface area contributed by atoms with E-state index in [1.807, 2.05) is 67.6 Å². The molecule has 5 heteroatoms. The van der Waals surface area contributed by atoms with Gasteiger partial charge < -0.3 is 14.2 Å². The number of rotatable bonds is 7. The van der Waals surface area contributed by atoms with E-state index >= 15 is 0 Å². The van der Waals surface area contributed by atoms with E-state index in [-0.39, 0.29) is 5.70 Å². The van der Waals surface area contributed by atoms with E-state index in [0.29, 0.717) is 30.6 Å². The molecule has 0 aliphatic carbocycles. The summed E-state index contributed by atoms with van der Waals surface area (Å²) in [5, 5.41) is 2.19. The monoisotopic (exact) mass is 401 g/mol. The highest BCUT2D eigenvalue weighted by Gasteiger charge is 2.24. The van der Waals surface area contributed by atoms with Crippen LogP contribution < -0.4 is 9.47 Å². The SMILES string of the molecule is CCCOc1ccc(C=C2N=C(c3ccc4ccccc4c3)OC2=O)cc1OCC. The van der Waals surface area contributed by atoms with Gasteiger partial charge in [0.1, 0.15) is 0 Å². The molecule has 0 fully saturated rings. The fourth-order valence-corrected chi connectivity index (χ4v) is 3.23. The smallest absolute Gasteiger partial charge is 0.363 e. The zero-order valence-electron chi connectivity index (χ0n) is 17.1. The van der Waals surface area contributed by atoms with Crippen LogP contribution in [0.2, 0.25) is 0 Å². The maximum Gasteiger partial charge on any atom is 0.363 e. The summed E-state index contributed by atoms with van der Waals surface area (Å²) < 4.78 is 16.8. The summed E-state index contributed by atoms with van der Waals surface area (Å²) in [6, 6.07) is 19.5. The number of fused-ring (bicyclic) bond motifs is 1. The van der Waals surface area contributed by atoms with E-state index in [4.69, 9.17) is 14.2 Å². The molecule has 5 nitrogen and oxygen atoms in total. The van der Waals surface area contributed by atoms with Crippen LogP contribution in [0, 0.1) is 0 Å². The fraction of sp³-hybridized carbons (Fsp3) is 0.200. The zero-order chi connectivity index (χ0) is 20.9. The number of cyclic esters (lactones) is 1. The van der Waals surface area contributed by atoms with E-state index in [9.17, 15) is 4.79 Å². The third kappa shape index (κ3) is 4.20. The molecular formula is C25H23NO4. The summed E-state index contributed by atoms with van der Waals surface area (Å²) in [5.41, 5.74) is 1.81. The minimum absolute atomic E-state index is 0.253. The molecule has 3 aromatic rings. The lowest BCUT2D eigenvalue weighted by atomic mass is 10.1. The van der Waals surface area contributed by atoms with Crippen molar-refractivity contribution in [3.8, 4) is 11.5 Å². The molecule has 0 N–H and O–H groups in total. The molecule has 1 aliphatic heterocycles. The van der Waals surface area contributed by atoms with E-state index in [1.165, 1.54) is 0 Å². The topological polar surface area (TPSA) is 57.1 Å². The van der Waals surface area contributed by atoms with Gasteiger partial charge in [-0.05, 0) is 60.0 Å². The second kappa shape index (κ2) is 8.82. The minimum Gasteiger partial charge on any atom is -0.490 e. The summed E-state index contributed by atoms with van der Waals surface area (Å²) in [6.07, 6.45) is 2.61. The molecular weight excluding hydrogens is 378 g/mol. The van der Waals surface area contributed by atoms with Crippen molar-refractivity contribution in [3.05, 3.63) is 77.5 Å². The van der Waals surface area contributed by atoms with Crippen LogP contribution in [0.15, 0.2) is 71.4 Å². The second-order valence-electron chi connectivity index (χ2n) is 6.89. The van der Waals surface area contributed by atoms with Crippen molar-refractivity contribution >= 4 is 28.7 Å². The average Bonchev–Trinajstić information content (AvgIpc) is 3.13. The molecule has 0 bridgehead atoms. The van der Waals surface area contributed by atoms with Gasteiger partial charge in [0.15, 0.2) is 17.2 Å². The second-order valence-corrected chi connectivity index (χ2v) is 6.89. The van der Waals surface area contributed by atoms with Crippen molar-refractivity contribution in [3.63, 3.8) is 0 Å². The van der Waals surface area contributed by atoms with Gasteiger partial charge in [0, 0.05) is 5.56 Å². The number of aliphatic imine (C=N–C) groups is 1. The standard InChI is InChI=1S/C25H23NO4/c1-3-13-29-22-12-9-17(15-23(22)28-4-2)14-21-25(27)30-24(26-21)20-11-10-18-7-5-6-8-19(18)16-20/h5-12,14-16H,3-4,13H2,1-2H3. The van der Waals surface area contributed by atoms with E-state index < -0.39 is 5.97 Å². The van der Waals surface area contributed by atoms with Crippen LogP contribution in [0.4, 0.5) is 0 Å². The first-order valence-corrected chi connectivity index (χ1v) is 10.1. The normalized spacial score (nSPS) is 14.7. The van der Waals surface area contributed by atoms with Crippen molar-refractivity contribution in [1.82, 2.24) is 0 Å². The molecule has 30 heavy (non-hydrogen) atoms. The minimum atomic E-state index is -0.470. The molecule has 152 valence electrons. The lowest BCUT2D eigenvalue weighted by Gasteiger charge is -2.12. The predicted octanol–water partition coefficient (Wildman–Crippen LogP) is 5.37. The van der Waals surface area contributed by atoms with Crippen LogP contribution in [0.25, 0.3) is 16.8 Å². The molecule has 0 spiro atoms. The molecule has 0 radical (unpaired) electrons. The van der Waals surface area contributed by atoms with Gasteiger partial charge in [0.25, 0.3) is 0 Å². The van der Waals surface area contributed by atoms with Crippen LogP contribution in [0.1, 0.15) is 31.4 Å². The molecule has 1 aliphatic rings. The molecule has 0 unspecified atom stereocenters. The summed E-state index contributed by atoms with van der Waals surface area (Å²) in [7, 11) is 0. The summed E-state index contributed by atoms with van der Waals surface area (Å²) in [6.45, 7) is 5.11. The number of hydrogen-bond acceptors (Lipinski definition) is 5. The predicted molar refractivity (Wildman–Crippen MR) is 118 cm³/mol. The van der Waals surface area contributed by atoms with Crippen LogP contribution in [0.3, 0.4) is 0 Å². The highest BCUT2D eigenvalue weighted by molar-refractivity contribution is 6.13. The van der Waals surface area contributed by atoms with Gasteiger partial charge in [-0.2, -0.15) is 0 Å². The Morgan fingerprint density at radius 2 is 1.77 bits per heavy atom. The molecule has 0 amide bonds. The summed E-state index contributed by atoms with van der Waals surface area (Å²) in [5.74, 6) is 1.17. The largest absolute Gasteiger partial charge is 0.490 e. The molecule has 4 rings (SSSR count). The van der Waals surface area contributed by atoms with E-state index in [1.54, 1.807) is 6.08 Å². The van der Waals surface area contributed by atoms with Crippen LogP contribution >= 0.6 is 0 Å². The maximum absolute atomic E-state index is 12.4. The Hall–Kier alpha value is -3.60. The van der Waals surface area contributed by atoms with Crippen molar-refractivity contribution in [1.29, 1.82) is 0 Å². The van der Waals surface area contributed by atoms with Crippen molar-refractivity contribution < 1.29 is 19.0 Å². The van der Waals surface area contributed by atoms with Gasteiger partial charge in [0.05, 0.1) is 13.2 Å². The van der Waals surface area contributed by atoms with Crippen molar-refractivity contribution in [2.24, 2.45) is 4.99 Å². The third-order valence-electron chi connectivity index (χ3n) is 4.65. The highest BCUT2D eigenvalue weighted by atomic mass is 16.6. The molecule has 0 atom stereocenters. The van der Waals surface area contributed by atoms with Crippen LogP contribution in [-0.2, 0) is 9.53 Å². The Labute approximate surface area is 175 Å². The van der Waals surface area contributed by atoms with Gasteiger partial charge in [0.2, 0.25) is 5.90 Å². The summed E-state index contributed by atoms with van der Waals surface area (Å²) >= 11 is 0. The first-order chi connectivity index (χ1) is 14.7. The molecule has 0 saturated heterocycles. The maximum atomic E-state index is 12.4. The van der Waals surface area contributed by atoms with Gasteiger partial charge in [-0.15, -0.1) is 0 Å². The van der Waals surface area contributed by atoms with Gasteiger partial charge >= 0.3 is 5.97 Å². The van der Waals surface area contributed by atoms with E-state index in [2.05, 4.69) is 11.9 Å². The number of benzene rings is 3. The molecule has 0 saturated carbocycles. The Bertz CT molecular complexity index is 1150. The first-order valence-electron chi connectivity index (χ1n) is 10.1. The Kier molecular flexibility index (Phi) is 5.80. The van der Waals surface area contributed by atoms with Gasteiger partial charge in [-0.3, -0.25) is 0 Å². The Morgan fingerprint density at radius 3 is 2.57 bits per heavy atom. The number of esters is 1. The fourth-order valence-electron chi connectivity index (χ4n) is 3.23. The first kappa shape index (κ1) is 19.7. The lowest BCUT2D eigenvalue weighted by Crippen LogP contribution is -2.05. The number of hydrogen-bond donors (Lipinski definition) is 0. The number of ether oxygens (including phenoxy) is 3. The lowest BCUT2D eigenvalue weighted by molar-refractivity contribution is -0.129. The number of carbonyl (C=O) groups is 1. The van der Waals surface area contributed by atoms with E-state index in [0.717, 1.165) is 28.3 Å². The van der Waals surface area contributed by atoms with Gasteiger partial charge in [-0.25, -0.2) is 9.79 Å². The zero-order valence-corrected chi connectivity index (χ0v) is 17.1. The van der Waals surface area contributed by atoms with Crippen molar-refractivity contribution in [2.45, 2.75) is 20.3 Å². The van der Waals surface area contributed by atoms with Crippen LogP contribution in [0.5, 0.6) is 11.5 Å². The van der Waals surface area contributed by atoms with Gasteiger partial charge in [-0.1, -0.05) is 43.3 Å². The average molecular weight is 401 g/mol. The molecule has 3 aromatic carbocycles. The Balaban J connectivity index is 1.63. The third-order valence-corrected chi connectivity index (χ3v) is 4.65. The number of nitrogens with zero attached hydrogens (tertiary/aromatic N) is 1. The van der Waals surface area contributed by atoms with Crippen LogP contribution in [-0.4, -0.2) is 25.1 Å². The quantitative estimate of drug-likeness (QED) is 0.394. The summed E-state index contributed by atoms with van der Waals surface area (Å²) in [4.78, 5) is 16.8. The molecule has 1 heterocycles.